The molecule has 1 aliphatic carbocycles. The standard InChI is InChI=1S/C19H20BrNO/c20-16-11-6-12-17(13-16)21-19(22)18(15-9-4-5-10-15)14-7-2-1-3-8-14/h1-3,6-8,11-13,15,18H,4-5,9-10H2,(H,21,22)/t18-/m0/s1. The van der Waals surface area contributed by atoms with Crippen LogP contribution < -0.4 is 5.32 Å². The van der Waals surface area contributed by atoms with Crippen LogP contribution in [0.4, 0.5) is 5.69 Å². The van der Waals surface area contributed by atoms with Crippen LogP contribution in [-0.2, 0) is 4.79 Å². The Bertz CT molecular complexity index is 635. The number of anilines is 1. The average molecular weight is 358 g/mol. The SMILES string of the molecule is O=C(Nc1cccc(Br)c1)[C@@H](c1ccccc1)C1CCCC1. The van der Waals surface area contributed by atoms with Gasteiger partial charge in [0.15, 0.2) is 0 Å². The van der Waals surface area contributed by atoms with Gasteiger partial charge < -0.3 is 5.32 Å². The van der Waals surface area contributed by atoms with Crippen LogP contribution in [0.1, 0.15) is 37.2 Å². The van der Waals surface area contributed by atoms with Crippen LogP contribution in [0.25, 0.3) is 0 Å². The van der Waals surface area contributed by atoms with E-state index in [2.05, 4.69) is 33.4 Å². The maximum absolute atomic E-state index is 12.9. The summed E-state index contributed by atoms with van der Waals surface area (Å²) in [5.41, 5.74) is 1.97. The molecule has 114 valence electrons. The van der Waals surface area contributed by atoms with Gasteiger partial charge in [-0.25, -0.2) is 0 Å². The monoisotopic (exact) mass is 357 g/mol. The molecule has 1 aliphatic rings. The zero-order chi connectivity index (χ0) is 15.4. The first-order valence-corrected chi connectivity index (χ1v) is 8.65. The smallest absolute Gasteiger partial charge is 0.232 e. The second-order valence-corrected chi connectivity index (χ2v) is 6.85. The molecule has 1 N–H and O–H groups in total. The number of halogens is 1. The van der Waals surface area contributed by atoms with E-state index in [4.69, 9.17) is 0 Å². The topological polar surface area (TPSA) is 29.1 Å². The Kier molecular flexibility index (Phi) is 4.94. The Hall–Kier alpha value is -1.61. The van der Waals surface area contributed by atoms with Gasteiger partial charge >= 0.3 is 0 Å². The van der Waals surface area contributed by atoms with E-state index in [0.29, 0.717) is 5.92 Å². The molecule has 1 amide bonds. The van der Waals surface area contributed by atoms with Crippen molar-refractivity contribution in [3.8, 4) is 0 Å². The lowest BCUT2D eigenvalue weighted by atomic mass is 9.84. The lowest BCUT2D eigenvalue weighted by molar-refractivity contribution is -0.118. The van der Waals surface area contributed by atoms with E-state index in [9.17, 15) is 4.79 Å². The summed E-state index contributed by atoms with van der Waals surface area (Å²) in [6.07, 6.45) is 4.76. The molecule has 0 aromatic heterocycles. The molecule has 0 aliphatic heterocycles. The number of nitrogens with one attached hydrogen (secondary N) is 1. The Balaban J connectivity index is 1.83. The summed E-state index contributed by atoms with van der Waals surface area (Å²) >= 11 is 3.45. The summed E-state index contributed by atoms with van der Waals surface area (Å²) in [4.78, 5) is 12.9. The number of hydrogen-bond donors (Lipinski definition) is 1. The van der Waals surface area contributed by atoms with Crippen molar-refractivity contribution in [2.24, 2.45) is 5.92 Å². The van der Waals surface area contributed by atoms with E-state index in [0.717, 1.165) is 28.6 Å². The van der Waals surface area contributed by atoms with Gasteiger partial charge in [-0.2, -0.15) is 0 Å². The first-order valence-electron chi connectivity index (χ1n) is 7.85. The molecule has 0 bridgehead atoms. The highest BCUT2D eigenvalue weighted by atomic mass is 79.9. The van der Waals surface area contributed by atoms with Crippen LogP contribution in [0.5, 0.6) is 0 Å². The first-order chi connectivity index (χ1) is 10.7. The molecule has 22 heavy (non-hydrogen) atoms. The average Bonchev–Trinajstić information content (AvgIpc) is 3.02. The van der Waals surface area contributed by atoms with Gasteiger partial charge in [0, 0.05) is 10.2 Å². The lowest BCUT2D eigenvalue weighted by Gasteiger charge is -2.23. The van der Waals surface area contributed by atoms with Crippen LogP contribution in [0, 0.1) is 5.92 Å². The number of amides is 1. The van der Waals surface area contributed by atoms with Gasteiger partial charge in [-0.3, -0.25) is 4.79 Å². The van der Waals surface area contributed by atoms with Crippen molar-refractivity contribution in [3.05, 3.63) is 64.6 Å². The molecule has 2 aromatic rings. The predicted molar refractivity (Wildman–Crippen MR) is 93.9 cm³/mol. The van der Waals surface area contributed by atoms with Crippen LogP contribution in [0.15, 0.2) is 59.1 Å². The molecule has 3 rings (SSSR count). The normalized spacial score (nSPS) is 16.4. The third-order valence-electron chi connectivity index (χ3n) is 4.40. The minimum Gasteiger partial charge on any atom is -0.326 e. The second kappa shape index (κ2) is 7.10. The maximum atomic E-state index is 12.9. The molecule has 0 radical (unpaired) electrons. The molecule has 1 fully saturated rings. The van der Waals surface area contributed by atoms with Crippen molar-refractivity contribution in [1.29, 1.82) is 0 Å². The van der Waals surface area contributed by atoms with E-state index >= 15 is 0 Å². The van der Waals surface area contributed by atoms with Gasteiger partial charge in [-0.15, -0.1) is 0 Å². The largest absolute Gasteiger partial charge is 0.326 e. The van der Waals surface area contributed by atoms with Crippen molar-refractivity contribution >= 4 is 27.5 Å². The summed E-state index contributed by atoms with van der Waals surface area (Å²) < 4.78 is 0.974. The fourth-order valence-corrected chi connectivity index (χ4v) is 3.77. The number of rotatable bonds is 4. The number of carbonyl (C=O) groups excluding carboxylic acids is 1. The van der Waals surface area contributed by atoms with Gasteiger partial charge in [0.2, 0.25) is 5.91 Å². The van der Waals surface area contributed by atoms with Crippen LogP contribution in [0.3, 0.4) is 0 Å². The van der Waals surface area contributed by atoms with Gasteiger partial charge in [-0.1, -0.05) is 65.2 Å². The number of hydrogen-bond acceptors (Lipinski definition) is 1. The Labute approximate surface area is 140 Å². The van der Waals surface area contributed by atoms with E-state index in [1.165, 1.54) is 12.8 Å². The summed E-state index contributed by atoms with van der Waals surface area (Å²) in [6, 6.07) is 17.9. The molecule has 2 nitrogen and oxygen atoms in total. The minimum absolute atomic E-state index is 0.0531. The van der Waals surface area contributed by atoms with Crippen LogP contribution in [0.2, 0.25) is 0 Å². The quantitative estimate of drug-likeness (QED) is 0.783. The zero-order valence-corrected chi connectivity index (χ0v) is 14.1. The summed E-state index contributed by atoms with van der Waals surface area (Å²) in [5, 5.41) is 3.09. The van der Waals surface area contributed by atoms with E-state index in [1.807, 2.05) is 42.5 Å². The van der Waals surface area contributed by atoms with E-state index < -0.39 is 0 Å². The fourth-order valence-electron chi connectivity index (χ4n) is 3.37. The van der Waals surface area contributed by atoms with Crippen molar-refractivity contribution in [3.63, 3.8) is 0 Å². The van der Waals surface area contributed by atoms with E-state index in [1.54, 1.807) is 0 Å². The Morgan fingerprint density at radius 3 is 2.45 bits per heavy atom. The molecule has 2 aromatic carbocycles. The summed E-state index contributed by atoms with van der Waals surface area (Å²) in [5.74, 6) is 0.508. The zero-order valence-electron chi connectivity index (χ0n) is 12.5. The van der Waals surface area contributed by atoms with Gasteiger partial charge in [0.25, 0.3) is 0 Å². The second-order valence-electron chi connectivity index (χ2n) is 5.93. The van der Waals surface area contributed by atoms with Crippen molar-refractivity contribution in [2.75, 3.05) is 5.32 Å². The van der Waals surface area contributed by atoms with Crippen molar-refractivity contribution < 1.29 is 4.79 Å². The van der Waals surface area contributed by atoms with Crippen molar-refractivity contribution in [2.45, 2.75) is 31.6 Å². The van der Waals surface area contributed by atoms with Crippen LogP contribution in [-0.4, -0.2) is 5.91 Å². The highest BCUT2D eigenvalue weighted by Gasteiger charge is 2.31. The molecule has 0 spiro atoms. The molecule has 3 heteroatoms. The highest BCUT2D eigenvalue weighted by Crippen LogP contribution is 2.38. The predicted octanol–water partition coefficient (Wildman–Crippen LogP) is 5.36. The third kappa shape index (κ3) is 3.58. The minimum atomic E-state index is -0.0531. The summed E-state index contributed by atoms with van der Waals surface area (Å²) in [6.45, 7) is 0. The fraction of sp³-hybridized carbons (Fsp3) is 0.316. The molecule has 0 heterocycles. The molecular formula is C19H20BrNO. The van der Waals surface area contributed by atoms with E-state index in [-0.39, 0.29) is 11.8 Å². The molecule has 0 unspecified atom stereocenters. The highest BCUT2D eigenvalue weighted by molar-refractivity contribution is 9.10. The Morgan fingerprint density at radius 1 is 1.05 bits per heavy atom. The Morgan fingerprint density at radius 2 is 1.77 bits per heavy atom. The molecule has 0 saturated heterocycles. The van der Waals surface area contributed by atoms with Gasteiger partial charge in [0.1, 0.15) is 0 Å². The maximum Gasteiger partial charge on any atom is 0.232 e. The first kappa shape index (κ1) is 15.3. The van der Waals surface area contributed by atoms with Gasteiger partial charge in [-0.05, 0) is 42.5 Å². The molecule has 1 atom stereocenters. The lowest BCUT2D eigenvalue weighted by Crippen LogP contribution is -2.26. The third-order valence-corrected chi connectivity index (χ3v) is 4.90. The summed E-state index contributed by atoms with van der Waals surface area (Å²) in [7, 11) is 0. The van der Waals surface area contributed by atoms with Gasteiger partial charge in [0.05, 0.1) is 5.92 Å². The van der Waals surface area contributed by atoms with Crippen LogP contribution >= 0.6 is 15.9 Å². The number of benzene rings is 2. The number of carbonyl (C=O) groups is 1. The van der Waals surface area contributed by atoms with Crippen molar-refractivity contribution in [1.82, 2.24) is 0 Å². The molecular weight excluding hydrogens is 338 g/mol. The molecule has 1 saturated carbocycles.